The van der Waals surface area contributed by atoms with Gasteiger partial charge in [0.1, 0.15) is 16.8 Å². The van der Waals surface area contributed by atoms with Crippen LogP contribution >= 0.6 is 47.9 Å². The van der Waals surface area contributed by atoms with Gasteiger partial charge in [-0.1, -0.05) is 54.0 Å². The molecular weight excluding hydrogens is 424 g/mol. The number of halogens is 1. The summed E-state index contributed by atoms with van der Waals surface area (Å²) in [4.78, 5) is 21.3. The maximum Gasteiger partial charge on any atom is 0.283 e. The fraction of sp³-hybridized carbons (Fsp3) is 0.0588. The summed E-state index contributed by atoms with van der Waals surface area (Å²) >= 11 is 13.1. The van der Waals surface area contributed by atoms with Crippen LogP contribution < -0.4 is 0 Å². The summed E-state index contributed by atoms with van der Waals surface area (Å²) in [5, 5.41) is 12.9. The molecule has 0 N–H and O–H groups in total. The van der Waals surface area contributed by atoms with E-state index in [1.165, 1.54) is 23.5 Å². The van der Waals surface area contributed by atoms with Crippen molar-refractivity contribution < 1.29 is 4.92 Å². The Hall–Kier alpha value is -1.94. The molecule has 0 aliphatic carbocycles. The minimum absolute atomic E-state index is 0.0404. The Morgan fingerprint density at radius 3 is 2.74 bits per heavy atom. The van der Waals surface area contributed by atoms with Crippen LogP contribution in [0.4, 0.5) is 5.69 Å². The van der Waals surface area contributed by atoms with Crippen molar-refractivity contribution in [2.75, 3.05) is 0 Å². The van der Waals surface area contributed by atoms with Gasteiger partial charge in [-0.25, -0.2) is 9.98 Å². The van der Waals surface area contributed by atoms with E-state index in [1.807, 2.05) is 18.2 Å². The van der Waals surface area contributed by atoms with E-state index in [0.29, 0.717) is 20.5 Å². The predicted molar refractivity (Wildman–Crippen MR) is 114 cm³/mol. The molecule has 1 unspecified atom stereocenters. The SMILES string of the molecule is O=[N+]([O-])c1cc(C2=NC3=CN=CN(S)C3S2)ccc1Sc1ccc(Cl)cc1. The van der Waals surface area contributed by atoms with Gasteiger partial charge >= 0.3 is 0 Å². The maximum absolute atomic E-state index is 11.6. The minimum atomic E-state index is -0.373. The molecule has 1 atom stereocenters. The van der Waals surface area contributed by atoms with E-state index >= 15 is 0 Å². The number of rotatable bonds is 4. The molecule has 0 radical (unpaired) electrons. The van der Waals surface area contributed by atoms with Crippen LogP contribution in [0.25, 0.3) is 0 Å². The molecule has 2 aromatic carbocycles. The number of nitro benzene ring substituents is 1. The Balaban J connectivity index is 1.65. The number of nitro groups is 1. The van der Waals surface area contributed by atoms with Gasteiger partial charge in [0.2, 0.25) is 0 Å². The summed E-state index contributed by atoms with van der Waals surface area (Å²) in [7, 11) is 0. The lowest BCUT2D eigenvalue weighted by Crippen LogP contribution is -2.24. The van der Waals surface area contributed by atoms with E-state index in [-0.39, 0.29) is 16.0 Å². The lowest BCUT2D eigenvalue weighted by Gasteiger charge is -2.21. The van der Waals surface area contributed by atoms with Gasteiger partial charge in [0.15, 0.2) is 0 Å². The molecule has 2 heterocycles. The van der Waals surface area contributed by atoms with Crippen molar-refractivity contribution >= 4 is 65.0 Å². The second-order valence-corrected chi connectivity index (χ2v) is 8.66. The molecule has 136 valence electrons. The lowest BCUT2D eigenvalue weighted by molar-refractivity contribution is -0.387. The molecule has 0 amide bonds. The summed E-state index contributed by atoms with van der Waals surface area (Å²) < 4.78 is 1.66. The van der Waals surface area contributed by atoms with Crippen molar-refractivity contribution in [1.82, 2.24) is 4.31 Å². The fourth-order valence-corrected chi connectivity index (χ4v) is 4.90. The molecule has 10 heteroatoms. The van der Waals surface area contributed by atoms with Crippen LogP contribution in [0.2, 0.25) is 5.02 Å². The van der Waals surface area contributed by atoms with Crippen molar-refractivity contribution in [3.05, 3.63) is 75.1 Å². The first-order chi connectivity index (χ1) is 13.0. The molecule has 27 heavy (non-hydrogen) atoms. The number of fused-ring (bicyclic) bond motifs is 1. The van der Waals surface area contributed by atoms with Crippen molar-refractivity contribution in [3.8, 4) is 0 Å². The van der Waals surface area contributed by atoms with E-state index in [0.717, 1.165) is 10.6 Å². The van der Waals surface area contributed by atoms with Crippen molar-refractivity contribution in [2.45, 2.75) is 15.2 Å². The molecular formula is C17H11ClN4O2S3. The van der Waals surface area contributed by atoms with Gasteiger partial charge in [-0.2, -0.15) is 0 Å². The Morgan fingerprint density at radius 1 is 1.26 bits per heavy atom. The van der Waals surface area contributed by atoms with Gasteiger partial charge in [0, 0.05) is 21.5 Å². The fourth-order valence-electron chi connectivity index (χ4n) is 2.53. The average molecular weight is 435 g/mol. The molecule has 0 saturated carbocycles. The van der Waals surface area contributed by atoms with Crippen LogP contribution in [0.5, 0.6) is 0 Å². The molecule has 0 fully saturated rings. The molecule has 2 aromatic rings. The Labute approximate surface area is 174 Å². The topological polar surface area (TPSA) is 71.1 Å². The predicted octanol–water partition coefficient (Wildman–Crippen LogP) is 5.25. The highest BCUT2D eigenvalue weighted by Crippen LogP contribution is 2.40. The number of nitrogens with zero attached hydrogens (tertiary/aromatic N) is 4. The van der Waals surface area contributed by atoms with Crippen molar-refractivity contribution in [1.29, 1.82) is 0 Å². The molecule has 0 saturated heterocycles. The second-order valence-electron chi connectivity index (χ2n) is 5.58. The van der Waals surface area contributed by atoms with Gasteiger partial charge < -0.3 is 0 Å². The van der Waals surface area contributed by atoms with Crippen LogP contribution in [0.1, 0.15) is 5.56 Å². The molecule has 0 spiro atoms. The van der Waals surface area contributed by atoms with Gasteiger partial charge in [-0.3, -0.25) is 14.4 Å². The molecule has 0 bridgehead atoms. The first kappa shape index (κ1) is 18.4. The number of aliphatic imine (C=N–C) groups is 2. The monoisotopic (exact) mass is 434 g/mol. The van der Waals surface area contributed by atoms with Crippen molar-refractivity contribution in [2.24, 2.45) is 9.98 Å². The number of benzene rings is 2. The Bertz CT molecular complexity index is 1010. The minimum Gasteiger partial charge on any atom is -0.290 e. The third kappa shape index (κ3) is 3.86. The summed E-state index contributed by atoms with van der Waals surface area (Å²) in [6, 6.07) is 12.3. The molecule has 4 rings (SSSR count). The first-order valence-electron chi connectivity index (χ1n) is 7.69. The highest BCUT2D eigenvalue weighted by Gasteiger charge is 2.31. The number of thioether (sulfide) groups is 1. The Morgan fingerprint density at radius 2 is 2.04 bits per heavy atom. The standard InChI is InChI=1S/C17H11ClN4O2S3/c18-11-2-4-12(5-3-11)26-15-6-1-10(7-14(15)22(23)24)16-20-13-8-19-9-21(25)17(13)27-16/h1-9,17,25H. The zero-order chi connectivity index (χ0) is 19.0. The largest absolute Gasteiger partial charge is 0.290 e. The normalized spacial score (nSPS) is 18.1. The third-order valence-corrected chi connectivity index (χ3v) is 6.84. The zero-order valence-electron chi connectivity index (χ0n) is 13.5. The first-order valence-corrected chi connectivity index (χ1v) is 10.2. The van der Waals surface area contributed by atoms with E-state index < -0.39 is 0 Å². The average Bonchev–Trinajstić information content (AvgIpc) is 3.09. The van der Waals surface area contributed by atoms with Gasteiger partial charge in [-0.05, 0) is 30.3 Å². The third-order valence-electron chi connectivity index (χ3n) is 3.78. The van der Waals surface area contributed by atoms with E-state index in [1.54, 1.807) is 41.1 Å². The summed E-state index contributed by atoms with van der Waals surface area (Å²) in [6.45, 7) is 0. The maximum atomic E-state index is 11.6. The smallest absolute Gasteiger partial charge is 0.283 e. The molecule has 2 aliphatic heterocycles. The van der Waals surface area contributed by atoms with Gasteiger partial charge in [0.25, 0.3) is 5.69 Å². The number of hydrogen-bond acceptors (Lipinski definition) is 8. The molecule has 0 aromatic heterocycles. The Kier molecular flexibility index (Phi) is 5.18. The quantitative estimate of drug-likeness (QED) is 0.404. The second kappa shape index (κ2) is 7.59. The van der Waals surface area contributed by atoms with E-state index in [4.69, 9.17) is 11.6 Å². The summed E-state index contributed by atoms with van der Waals surface area (Å²) in [6.07, 6.45) is 3.29. The lowest BCUT2D eigenvalue weighted by atomic mass is 10.2. The van der Waals surface area contributed by atoms with Crippen molar-refractivity contribution in [3.63, 3.8) is 0 Å². The van der Waals surface area contributed by atoms with E-state index in [2.05, 4.69) is 22.8 Å². The number of hydrogen-bond donors (Lipinski definition) is 1. The number of thiol groups is 1. The molecule has 2 aliphatic rings. The van der Waals surface area contributed by atoms with Crippen LogP contribution in [-0.2, 0) is 0 Å². The van der Waals surface area contributed by atoms with Crippen LogP contribution in [0, 0.1) is 10.1 Å². The van der Waals surface area contributed by atoms with E-state index in [9.17, 15) is 10.1 Å². The van der Waals surface area contributed by atoms with Gasteiger partial charge in [0.05, 0.1) is 21.7 Å². The summed E-state index contributed by atoms with van der Waals surface area (Å²) in [5.74, 6) is 0. The zero-order valence-corrected chi connectivity index (χ0v) is 16.8. The van der Waals surface area contributed by atoms with Crippen LogP contribution in [-0.4, -0.2) is 26.0 Å². The van der Waals surface area contributed by atoms with Crippen LogP contribution in [0.3, 0.4) is 0 Å². The van der Waals surface area contributed by atoms with Gasteiger partial charge in [-0.15, -0.1) is 0 Å². The summed E-state index contributed by atoms with van der Waals surface area (Å²) in [5.41, 5.74) is 1.51. The molecule has 6 nitrogen and oxygen atoms in total. The highest BCUT2D eigenvalue weighted by atomic mass is 35.5. The highest BCUT2D eigenvalue weighted by molar-refractivity contribution is 8.15. The van der Waals surface area contributed by atoms with Crippen LogP contribution in [0.15, 0.2) is 74.1 Å².